The van der Waals surface area contributed by atoms with E-state index in [1.165, 1.54) is 38.5 Å². The summed E-state index contributed by atoms with van der Waals surface area (Å²) >= 11 is 0. The molecule has 0 aliphatic heterocycles. The summed E-state index contributed by atoms with van der Waals surface area (Å²) in [6.45, 7) is 3.28. The molecule has 2 N–H and O–H groups in total. The van der Waals surface area contributed by atoms with Crippen LogP contribution in [0.4, 0.5) is 4.79 Å². The van der Waals surface area contributed by atoms with Gasteiger partial charge in [0.1, 0.15) is 0 Å². The summed E-state index contributed by atoms with van der Waals surface area (Å²) in [5.74, 6) is -0.643. The Morgan fingerprint density at radius 1 is 1.22 bits per heavy atom. The monoisotopic (exact) mass is 322 g/mol. The molecule has 0 atom stereocenters. The number of hydrogen-bond donors (Lipinski definition) is 2. The Morgan fingerprint density at radius 3 is 2.57 bits per heavy atom. The van der Waals surface area contributed by atoms with Gasteiger partial charge in [-0.3, -0.25) is 10.1 Å². The second kappa shape index (κ2) is 9.08. The van der Waals surface area contributed by atoms with Crippen LogP contribution in [-0.4, -0.2) is 45.3 Å². The Bertz CT molecular complexity index is 600. The van der Waals surface area contributed by atoms with Crippen molar-refractivity contribution >= 4 is 17.9 Å². The molecule has 0 aliphatic rings. The first-order valence-corrected chi connectivity index (χ1v) is 6.59. The molecular weight excluding hydrogens is 304 g/mol. The van der Waals surface area contributed by atoms with Crippen LogP contribution in [0.3, 0.4) is 0 Å². The summed E-state index contributed by atoms with van der Waals surface area (Å²) in [7, 11) is 2.66. The van der Waals surface area contributed by atoms with Gasteiger partial charge in [-0.25, -0.2) is 9.59 Å². The Labute approximate surface area is 133 Å². The molecule has 0 saturated heterocycles. The van der Waals surface area contributed by atoms with Crippen molar-refractivity contribution in [1.82, 2.24) is 10.6 Å². The van der Waals surface area contributed by atoms with Gasteiger partial charge in [0.2, 0.25) is 0 Å². The first-order chi connectivity index (χ1) is 11.0. The predicted molar refractivity (Wildman–Crippen MR) is 81.6 cm³/mol. The van der Waals surface area contributed by atoms with Gasteiger partial charge in [0.05, 0.1) is 19.8 Å². The van der Waals surface area contributed by atoms with Gasteiger partial charge in [-0.05, 0) is 18.2 Å². The lowest BCUT2D eigenvalue weighted by atomic mass is 10.2. The molecule has 1 aromatic carbocycles. The maximum Gasteiger partial charge on any atom is 0.337 e. The molecule has 0 aliphatic carbocycles. The van der Waals surface area contributed by atoms with E-state index in [1.807, 2.05) is 0 Å². The Hall–Kier alpha value is -3.03. The third-order valence-corrected chi connectivity index (χ3v) is 2.60. The van der Waals surface area contributed by atoms with Crippen molar-refractivity contribution in [3.8, 4) is 11.5 Å². The van der Waals surface area contributed by atoms with Gasteiger partial charge in [-0.15, -0.1) is 6.58 Å². The lowest BCUT2D eigenvalue weighted by Crippen LogP contribution is -2.41. The molecule has 3 amide bonds. The van der Waals surface area contributed by atoms with Crippen molar-refractivity contribution in [2.75, 3.05) is 27.4 Å². The molecule has 0 fully saturated rings. The second-order valence-electron chi connectivity index (χ2n) is 4.19. The molecule has 0 radical (unpaired) electrons. The van der Waals surface area contributed by atoms with Gasteiger partial charge in [-0.2, -0.15) is 0 Å². The minimum absolute atomic E-state index is 0.239. The largest absolute Gasteiger partial charge is 0.493 e. The highest BCUT2D eigenvalue weighted by molar-refractivity contribution is 5.95. The average Bonchev–Trinajstić information content (AvgIpc) is 2.57. The highest BCUT2D eigenvalue weighted by Gasteiger charge is 2.13. The molecule has 8 nitrogen and oxygen atoms in total. The molecule has 0 heterocycles. The van der Waals surface area contributed by atoms with Gasteiger partial charge < -0.3 is 19.5 Å². The van der Waals surface area contributed by atoms with Crippen molar-refractivity contribution in [3.63, 3.8) is 0 Å². The number of carbonyl (C=O) groups is 3. The quantitative estimate of drug-likeness (QED) is 0.570. The topological polar surface area (TPSA) is 103 Å². The molecule has 0 spiro atoms. The average molecular weight is 322 g/mol. The standard InChI is InChI=1S/C15H18N2O6/c1-4-7-16-15(20)17-13(18)9-23-11-6-5-10(14(19)22-3)8-12(11)21-2/h4-6,8H,1,7,9H2,2-3H3,(H2,16,17,18,20). The number of carbonyl (C=O) groups excluding carboxylic acids is 3. The van der Waals surface area contributed by atoms with Gasteiger partial charge >= 0.3 is 12.0 Å². The van der Waals surface area contributed by atoms with Crippen molar-refractivity contribution in [2.45, 2.75) is 0 Å². The van der Waals surface area contributed by atoms with Crippen LogP contribution in [0.25, 0.3) is 0 Å². The van der Waals surface area contributed by atoms with Crippen LogP contribution in [0.15, 0.2) is 30.9 Å². The molecule has 124 valence electrons. The van der Waals surface area contributed by atoms with Crippen LogP contribution in [0.2, 0.25) is 0 Å². The summed E-state index contributed by atoms with van der Waals surface area (Å²) in [5.41, 5.74) is 0.282. The van der Waals surface area contributed by atoms with E-state index in [9.17, 15) is 14.4 Å². The lowest BCUT2D eigenvalue weighted by Gasteiger charge is -2.11. The molecule has 8 heteroatoms. The summed E-state index contributed by atoms with van der Waals surface area (Å²) in [4.78, 5) is 34.3. The maximum atomic E-state index is 11.6. The van der Waals surface area contributed by atoms with Crippen LogP contribution >= 0.6 is 0 Å². The minimum atomic E-state index is -0.647. The molecule has 0 aromatic heterocycles. The van der Waals surface area contributed by atoms with Crippen LogP contribution in [0, 0.1) is 0 Å². The summed E-state index contributed by atoms with van der Waals surface area (Å²) in [6.07, 6.45) is 1.48. The van der Waals surface area contributed by atoms with Crippen molar-refractivity contribution in [1.29, 1.82) is 0 Å². The number of imide groups is 1. The van der Waals surface area contributed by atoms with E-state index >= 15 is 0 Å². The summed E-state index contributed by atoms with van der Waals surface area (Å²) < 4.78 is 15.0. The molecular formula is C15H18N2O6. The highest BCUT2D eigenvalue weighted by atomic mass is 16.5. The number of benzene rings is 1. The lowest BCUT2D eigenvalue weighted by molar-refractivity contribution is -0.122. The second-order valence-corrected chi connectivity index (χ2v) is 4.19. The number of nitrogens with one attached hydrogen (secondary N) is 2. The number of amides is 3. The fourth-order valence-electron chi connectivity index (χ4n) is 1.55. The van der Waals surface area contributed by atoms with E-state index < -0.39 is 24.5 Å². The summed E-state index contributed by atoms with van der Waals surface area (Å²) in [5, 5.41) is 4.47. The first kappa shape index (κ1) is 18.0. The van der Waals surface area contributed by atoms with Crippen molar-refractivity contribution in [2.24, 2.45) is 0 Å². The first-order valence-electron chi connectivity index (χ1n) is 6.59. The Balaban J connectivity index is 2.63. The normalized spacial score (nSPS) is 9.48. The van der Waals surface area contributed by atoms with Crippen LogP contribution in [-0.2, 0) is 9.53 Å². The van der Waals surface area contributed by atoms with E-state index in [0.29, 0.717) is 0 Å². The number of rotatable bonds is 7. The zero-order chi connectivity index (χ0) is 17.2. The van der Waals surface area contributed by atoms with Gasteiger partial charge in [0, 0.05) is 6.54 Å². The van der Waals surface area contributed by atoms with Crippen molar-refractivity contribution in [3.05, 3.63) is 36.4 Å². The summed E-state index contributed by atoms with van der Waals surface area (Å²) in [6, 6.07) is 3.72. The molecule has 0 saturated carbocycles. The van der Waals surface area contributed by atoms with E-state index in [2.05, 4.69) is 21.9 Å². The smallest absolute Gasteiger partial charge is 0.337 e. The van der Waals surface area contributed by atoms with Crippen LogP contribution in [0.5, 0.6) is 11.5 Å². The SMILES string of the molecule is C=CCNC(=O)NC(=O)COc1ccc(C(=O)OC)cc1OC. The molecule has 1 aromatic rings. The molecule has 0 unspecified atom stereocenters. The van der Waals surface area contributed by atoms with E-state index in [4.69, 9.17) is 9.47 Å². The zero-order valence-electron chi connectivity index (χ0n) is 12.9. The number of ether oxygens (including phenoxy) is 3. The maximum absolute atomic E-state index is 11.6. The van der Waals surface area contributed by atoms with Gasteiger partial charge in [0.25, 0.3) is 5.91 Å². The van der Waals surface area contributed by atoms with Crippen LogP contribution < -0.4 is 20.1 Å². The van der Waals surface area contributed by atoms with Crippen molar-refractivity contribution < 1.29 is 28.6 Å². The number of urea groups is 1. The molecule has 0 bridgehead atoms. The molecule has 1 rings (SSSR count). The number of methoxy groups -OCH3 is 2. The van der Waals surface area contributed by atoms with Gasteiger partial charge in [-0.1, -0.05) is 6.08 Å². The highest BCUT2D eigenvalue weighted by Crippen LogP contribution is 2.28. The van der Waals surface area contributed by atoms with Gasteiger partial charge in [0.15, 0.2) is 18.1 Å². The van der Waals surface area contributed by atoms with E-state index in [0.717, 1.165) is 0 Å². The van der Waals surface area contributed by atoms with E-state index in [-0.39, 0.29) is 23.6 Å². The fraction of sp³-hybridized carbons (Fsp3) is 0.267. The minimum Gasteiger partial charge on any atom is -0.493 e. The molecule has 23 heavy (non-hydrogen) atoms. The third kappa shape index (κ3) is 5.70. The van der Waals surface area contributed by atoms with E-state index in [1.54, 1.807) is 0 Å². The number of hydrogen-bond acceptors (Lipinski definition) is 6. The zero-order valence-corrected chi connectivity index (χ0v) is 12.9. The Kier molecular flexibility index (Phi) is 7.12. The predicted octanol–water partition coefficient (Wildman–Crippen LogP) is 0.872. The number of esters is 1. The third-order valence-electron chi connectivity index (χ3n) is 2.60. The fourth-order valence-corrected chi connectivity index (χ4v) is 1.55. The Morgan fingerprint density at radius 2 is 1.96 bits per heavy atom. The van der Waals surface area contributed by atoms with Crippen LogP contribution in [0.1, 0.15) is 10.4 Å².